The Hall–Kier alpha value is -3.09. The van der Waals surface area contributed by atoms with E-state index in [1.54, 1.807) is 33.9 Å². The van der Waals surface area contributed by atoms with Crippen molar-refractivity contribution in [3.63, 3.8) is 0 Å². The van der Waals surface area contributed by atoms with E-state index in [9.17, 15) is 9.59 Å². The third-order valence-electron chi connectivity index (χ3n) is 4.78. The first-order valence-electron chi connectivity index (χ1n) is 9.48. The molecule has 28 heavy (non-hydrogen) atoms. The number of anilines is 1. The SMILES string of the molecule is CC(C)N=c1ccccn1C(=O)C1CC(=O)N(c2ccc3c(c2)OCCO3)C1. The van der Waals surface area contributed by atoms with Crippen molar-refractivity contribution in [2.45, 2.75) is 26.3 Å². The molecule has 2 aliphatic rings. The second kappa shape index (κ2) is 7.50. The quantitative estimate of drug-likeness (QED) is 0.818. The number of aromatic nitrogens is 1. The average Bonchev–Trinajstić information content (AvgIpc) is 3.09. The lowest BCUT2D eigenvalue weighted by Crippen LogP contribution is -2.34. The number of nitrogens with zero attached hydrogens (tertiary/aromatic N) is 3. The van der Waals surface area contributed by atoms with Crippen molar-refractivity contribution in [2.24, 2.45) is 10.9 Å². The Labute approximate surface area is 163 Å². The van der Waals surface area contributed by atoms with Gasteiger partial charge >= 0.3 is 0 Å². The fourth-order valence-corrected chi connectivity index (χ4v) is 3.51. The molecular weight excluding hydrogens is 358 g/mol. The molecule has 0 saturated carbocycles. The fourth-order valence-electron chi connectivity index (χ4n) is 3.51. The molecule has 4 rings (SSSR count). The number of fused-ring (bicyclic) bond motifs is 1. The summed E-state index contributed by atoms with van der Waals surface area (Å²) in [5.41, 5.74) is 1.32. The summed E-state index contributed by atoms with van der Waals surface area (Å²) in [5, 5.41) is 0. The van der Waals surface area contributed by atoms with Gasteiger partial charge in [-0.05, 0) is 38.1 Å². The van der Waals surface area contributed by atoms with E-state index in [0.29, 0.717) is 36.7 Å². The standard InChI is InChI=1S/C21H23N3O4/c1-14(2)22-19-5-3-4-8-23(19)21(26)15-11-20(25)24(13-15)16-6-7-17-18(12-16)28-10-9-27-17/h3-8,12,14-15H,9-11,13H2,1-2H3. The van der Waals surface area contributed by atoms with Gasteiger partial charge < -0.3 is 14.4 Å². The number of carbonyl (C=O) groups is 2. The van der Waals surface area contributed by atoms with E-state index >= 15 is 0 Å². The molecule has 1 saturated heterocycles. The second-order valence-corrected chi connectivity index (χ2v) is 7.22. The van der Waals surface area contributed by atoms with Gasteiger partial charge in [-0.2, -0.15) is 0 Å². The first kappa shape index (κ1) is 18.3. The number of ether oxygens (including phenoxy) is 2. The highest BCUT2D eigenvalue weighted by Gasteiger charge is 2.36. The topological polar surface area (TPSA) is 73.1 Å². The van der Waals surface area contributed by atoms with Gasteiger partial charge in [0.1, 0.15) is 18.7 Å². The summed E-state index contributed by atoms with van der Waals surface area (Å²) < 4.78 is 12.7. The van der Waals surface area contributed by atoms with Crippen LogP contribution in [-0.2, 0) is 4.79 Å². The van der Waals surface area contributed by atoms with E-state index in [-0.39, 0.29) is 24.3 Å². The average molecular weight is 381 g/mol. The van der Waals surface area contributed by atoms with Gasteiger partial charge in [0.05, 0.1) is 5.92 Å². The lowest BCUT2D eigenvalue weighted by Gasteiger charge is -2.22. The van der Waals surface area contributed by atoms with Gasteiger partial charge in [0.25, 0.3) is 0 Å². The summed E-state index contributed by atoms with van der Waals surface area (Å²) in [5.74, 6) is 0.687. The molecule has 1 unspecified atom stereocenters. The third-order valence-corrected chi connectivity index (χ3v) is 4.78. The smallest absolute Gasteiger partial charge is 0.237 e. The highest BCUT2D eigenvalue weighted by atomic mass is 16.6. The maximum atomic E-state index is 13.1. The summed E-state index contributed by atoms with van der Waals surface area (Å²) in [7, 11) is 0. The van der Waals surface area contributed by atoms with E-state index in [2.05, 4.69) is 4.99 Å². The summed E-state index contributed by atoms with van der Waals surface area (Å²) in [6, 6.07) is 11.0. The number of carbonyl (C=O) groups excluding carboxylic acids is 2. The van der Waals surface area contributed by atoms with Crippen LogP contribution in [0.2, 0.25) is 0 Å². The van der Waals surface area contributed by atoms with E-state index in [1.807, 2.05) is 32.0 Å². The monoisotopic (exact) mass is 381 g/mol. The first-order chi connectivity index (χ1) is 13.5. The molecule has 7 heteroatoms. The molecule has 2 aromatic rings. The summed E-state index contributed by atoms with van der Waals surface area (Å²) in [6.07, 6.45) is 1.89. The Morgan fingerprint density at radius 1 is 1.14 bits per heavy atom. The van der Waals surface area contributed by atoms with Crippen LogP contribution >= 0.6 is 0 Å². The Morgan fingerprint density at radius 2 is 1.93 bits per heavy atom. The Balaban J connectivity index is 1.58. The molecule has 1 aromatic heterocycles. The molecule has 1 amide bonds. The van der Waals surface area contributed by atoms with Crippen molar-refractivity contribution < 1.29 is 19.1 Å². The number of benzene rings is 1. The lowest BCUT2D eigenvalue weighted by atomic mass is 10.1. The third kappa shape index (κ3) is 3.52. The van der Waals surface area contributed by atoms with Crippen LogP contribution in [0.3, 0.4) is 0 Å². The molecule has 0 radical (unpaired) electrons. The molecule has 146 valence electrons. The van der Waals surface area contributed by atoms with Crippen molar-refractivity contribution in [1.29, 1.82) is 0 Å². The van der Waals surface area contributed by atoms with E-state index in [4.69, 9.17) is 9.47 Å². The first-order valence-corrected chi connectivity index (χ1v) is 9.48. The van der Waals surface area contributed by atoms with Crippen molar-refractivity contribution in [2.75, 3.05) is 24.7 Å². The van der Waals surface area contributed by atoms with Crippen LogP contribution in [-0.4, -0.2) is 42.2 Å². The summed E-state index contributed by atoms with van der Waals surface area (Å²) in [4.78, 5) is 31.9. The zero-order valence-electron chi connectivity index (χ0n) is 16.0. The highest BCUT2D eigenvalue weighted by Crippen LogP contribution is 2.36. The van der Waals surface area contributed by atoms with Crippen LogP contribution < -0.4 is 19.9 Å². The Bertz CT molecular complexity index is 980. The number of amides is 1. The van der Waals surface area contributed by atoms with Gasteiger partial charge in [0.2, 0.25) is 11.8 Å². The number of hydrogen-bond donors (Lipinski definition) is 0. The molecule has 0 spiro atoms. The lowest BCUT2D eigenvalue weighted by molar-refractivity contribution is -0.117. The summed E-state index contributed by atoms with van der Waals surface area (Å²) in [6.45, 7) is 5.26. The normalized spacial score (nSPS) is 19.4. The molecule has 1 fully saturated rings. The predicted octanol–water partition coefficient (Wildman–Crippen LogP) is 2.26. The van der Waals surface area contributed by atoms with Crippen molar-refractivity contribution in [1.82, 2.24) is 4.57 Å². The molecular formula is C21H23N3O4. The predicted molar refractivity (Wildman–Crippen MR) is 104 cm³/mol. The minimum absolute atomic E-state index is 0.0703. The van der Waals surface area contributed by atoms with Crippen molar-refractivity contribution in [3.8, 4) is 11.5 Å². The van der Waals surface area contributed by atoms with Crippen LogP contribution in [0.15, 0.2) is 47.6 Å². The highest BCUT2D eigenvalue weighted by molar-refractivity contribution is 6.01. The van der Waals surface area contributed by atoms with Crippen LogP contribution in [0.25, 0.3) is 0 Å². The van der Waals surface area contributed by atoms with Crippen molar-refractivity contribution >= 4 is 17.5 Å². The van der Waals surface area contributed by atoms with Gasteiger partial charge in [-0.1, -0.05) is 6.07 Å². The number of hydrogen-bond acceptors (Lipinski definition) is 5. The largest absolute Gasteiger partial charge is 0.486 e. The molecule has 0 bridgehead atoms. The Morgan fingerprint density at radius 3 is 2.71 bits per heavy atom. The van der Waals surface area contributed by atoms with Crippen LogP contribution in [0.4, 0.5) is 5.69 Å². The van der Waals surface area contributed by atoms with Gasteiger partial charge in [0.15, 0.2) is 11.5 Å². The molecule has 3 heterocycles. The fraction of sp³-hybridized carbons (Fsp3) is 0.381. The minimum Gasteiger partial charge on any atom is -0.486 e. The Kier molecular flexibility index (Phi) is 4.90. The van der Waals surface area contributed by atoms with E-state index in [1.165, 1.54) is 0 Å². The maximum absolute atomic E-state index is 13.1. The zero-order valence-corrected chi connectivity index (χ0v) is 16.0. The number of pyridine rings is 1. The van der Waals surface area contributed by atoms with Gasteiger partial charge in [-0.3, -0.25) is 19.1 Å². The van der Waals surface area contributed by atoms with Crippen LogP contribution in [0.1, 0.15) is 25.1 Å². The van der Waals surface area contributed by atoms with Crippen LogP contribution in [0, 0.1) is 5.92 Å². The second-order valence-electron chi connectivity index (χ2n) is 7.22. The van der Waals surface area contributed by atoms with Gasteiger partial charge in [-0.15, -0.1) is 0 Å². The van der Waals surface area contributed by atoms with Crippen LogP contribution in [0.5, 0.6) is 11.5 Å². The molecule has 0 aliphatic carbocycles. The van der Waals surface area contributed by atoms with Crippen molar-refractivity contribution in [3.05, 3.63) is 48.1 Å². The molecule has 0 N–H and O–H groups in total. The number of rotatable bonds is 3. The van der Waals surface area contributed by atoms with E-state index in [0.717, 1.165) is 5.69 Å². The molecule has 2 aliphatic heterocycles. The summed E-state index contributed by atoms with van der Waals surface area (Å²) >= 11 is 0. The maximum Gasteiger partial charge on any atom is 0.237 e. The van der Waals surface area contributed by atoms with E-state index < -0.39 is 5.92 Å². The molecule has 7 nitrogen and oxygen atoms in total. The minimum atomic E-state index is -0.422. The van der Waals surface area contributed by atoms with Gasteiger partial charge in [0, 0.05) is 37.0 Å². The molecule has 1 atom stereocenters. The molecule has 1 aromatic carbocycles. The van der Waals surface area contributed by atoms with Gasteiger partial charge in [-0.25, -0.2) is 0 Å². The zero-order chi connectivity index (χ0) is 19.7.